The lowest BCUT2D eigenvalue weighted by Crippen LogP contribution is -2.58. The summed E-state index contributed by atoms with van der Waals surface area (Å²) < 4.78 is 12.0. The van der Waals surface area contributed by atoms with Crippen molar-refractivity contribution in [2.75, 3.05) is 23.4 Å². The van der Waals surface area contributed by atoms with Gasteiger partial charge in [0, 0.05) is 30.3 Å². The Kier molecular flexibility index (Phi) is 5.64. The van der Waals surface area contributed by atoms with Crippen molar-refractivity contribution in [1.29, 1.82) is 5.26 Å². The molecule has 0 spiro atoms. The smallest absolute Gasteiger partial charge is 0.224 e. The van der Waals surface area contributed by atoms with Crippen LogP contribution in [-0.2, 0) is 17.3 Å². The molecule has 2 aromatic rings. The molecule has 4 N–H and O–H groups in total. The Morgan fingerprint density at radius 2 is 1.97 bits per heavy atom. The molecule has 1 aromatic carbocycles. The van der Waals surface area contributed by atoms with Crippen molar-refractivity contribution in [2.24, 2.45) is 28.9 Å². The SMILES string of the molecule is CS(=O)c1ccccc1CNc1ncc(C#N)c(NCC23CC4C[C@H](C2)C(N)[C@@H](C4)C3)n1. The summed E-state index contributed by atoms with van der Waals surface area (Å²) >= 11 is 0. The largest absolute Gasteiger partial charge is 0.368 e. The number of hydrogen-bond donors (Lipinski definition) is 3. The molecule has 0 saturated heterocycles. The molecule has 6 atom stereocenters. The zero-order valence-corrected chi connectivity index (χ0v) is 19.2. The first-order valence-corrected chi connectivity index (χ1v) is 12.9. The third-order valence-electron chi connectivity index (χ3n) is 7.73. The average Bonchev–Trinajstić information content (AvgIpc) is 2.79. The molecule has 4 bridgehead atoms. The molecule has 168 valence electrons. The monoisotopic (exact) mass is 450 g/mol. The van der Waals surface area contributed by atoms with Crippen molar-refractivity contribution in [1.82, 2.24) is 9.97 Å². The van der Waals surface area contributed by atoms with Crippen LogP contribution in [0.3, 0.4) is 0 Å². The summed E-state index contributed by atoms with van der Waals surface area (Å²) in [7, 11) is -1.06. The second-order valence-corrected chi connectivity index (χ2v) is 11.2. The Labute approximate surface area is 191 Å². The molecule has 6 rings (SSSR count). The molecule has 4 aliphatic rings. The molecule has 4 aliphatic carbocycles. The fraction of sp³-hybridized carbons (Fsp3) is 0.542. The number of hydrogen-bond acceptors (Lipinski definition) is 7. The van der Waals surface area contributed by atoms with E-state index in [1.54, 1.807) is 12.5 Å². The van der Waals surface area contributed by atoms with Gasteiger partial charge in [0.05, 0.1) is 17.0 Å². The van der Waals surface area contributed by atoms with Crippen LogP contribution in [0.4, 0.5) is 11.8 Å². The quantitative estimate of drug-likeness (QED) is 0.593. The van der Waals surface area contributed by atoms with Crippen LogP contribution < -0.4 is 16.4 Å². The first-order valence-electron chi connectivity index (χ1n) is 11.4. The lowest BCUT2D eigenvalue weighted by molar-refractivity contribution is -0.0591. The van der Waals surface area contributed by atoms with Crippen LogP contribution in [0.25, 0.3) is 0 Å². The third kappa shape index (κ3) is 4.00. The van der Waals surface area contributed by atoms with Gasteiger partial charge in [-0.15, -0.1) is 0 Å². The second kappa shape index (κ2) is 8.45. The van der Waals surface area contributed by atoms with Gasteiger partial charge >= 0.3 is 0 Å². The summed E-state index contributed by atoms with van der Waals surface area (Å²) in [6, 6.07) is 10.2. The Balaban J connectivity index is 1.29. The summed E-state index contributed by atoms with van der Waals surface area (Å²) in [6.07, 6.45) is 9.42. The van der Waals surface area contributed by atoms with Crippen LogP contribution in [0, 0.1) is 34.5 Å². The molecule has 7 nitrogen and oxygen atoms in total. The lowest BCUT2D eigenvalue weighted by atomic mass is 9.48. The van der Waals surface area contributed by atoms with E-state index in [0.29, 0.717) is 41.8 Å². The van der Waals surface area contributed by atoms with Crippen LogP contribution in [0.5, 0.6) is 0 Å². The van der Waals surface area contributed by atoms with Gasteiger partial charge in [-0.05, 0) is 66.9 Å². The minimum atomic E-state index is -1.06. The standard InChI is InChI=1S/C24H30N6OS/c1-32(31)20-5-3-2-4-16(20)12-27-23-28-13-19(11-25)22(30-23)29-14-24-8-15-6-17(9-24)21(26)18(7-15)10-24/h2-5,13,15,17-18,21H,6-10,12,14,26H2,1H3,(H2,27,28,29,30)/t15?,17-,18+,21?,24?,32?. The van der Waals surface area contributed by atoms with Crippen molar-refractivity contribution in [3.05, 3.63) is 41.6 Å². The van der Waals surface area contributed by atoms with E-state index < -0.39 is 10.8 Å². The Morgan fingerprint density at radius 1 is 1.22 bits per heavy atom. The van der Waals surface area contributed by atoms with E-state index in [2.05, 4.69) is 26.7 Å². The van der Waals surface area contributed by atoms with E-state index in [1.165, 1.54) is 32.1 Å². The number of anilines is 2. The highest BCUT2D eigenvalue weighted by Gasteiger charge is 2.54. The van der Waals surface area contributed by atoms with Gasteiger partial charge in [0.15, 0.2) is 0 Å². The topological polar surface area (TPSA) is 117 Å². The molecule has 4 unspecified atom stereocenters. The molecular weight excluding hydrogens is 420 g/mol. The summed E-state index contributed by atoms with van der Waals surface area (Å²) in [6.45, 7) is 1.29. The maximum Gasteiger partial charge on any atom is 0.224 e. The Morgan fingerprint density at radius 3 is 2.69 bits per heavy atom. The summed E-state index contributed by atoms with van der Waals surface area (Å²) in [5.41, 5.74) is 8.16. The number of nitrogens with zero attached hydrogens (tertiary/aromatic N) is 3. The highest BCUT2D eigenvalue weighted by Crippen LogP contribution is 2.59. The number of rotatable bonds is 7. The normalized spacial score (nSPS) is 31.2. The first kappa shape index (κ1) is 21.4. The van der Waals surface area contributed by atoms with Crippen molar-refractivity contribution < 1.29 is 4.21 Å². The van der Waals surface area contributed by atoms with Crippen LogP contribution in [0.1, 0.15) is 43.2 Å². The van der Waals surface area contributed by atoms with Crippen LogP contribution in [0.2, 0.25) is 0 Å². The minimum Gasteiger partial charge on any atom is -0.368 e. The highest BCUT2D eigenvalue weighted by molar-refractivity contribution is 7.84. The van der Waals surface area contributed by atoms with E-state index in [4.69, 9.17) is 5.73 Å². The molecule has 0 aliphatic heterocycles. The maximum absolute atomic E-state index is 12.0. The van der Waals surface area contributed by atoms with Crippen LogP contribution in [-0.4, -0.2) is 33.0 Å². The van der Waals surface area contributed by atoms with Gasteiger partial charge in [-0.1, -0.05) is 18.2 Å². The predicted octanol–water partition coefficient (Wildman–Crippen LogP) is 3.26. The Hall–Kier alpha value is -2.50. The molecule has 1 aromatic heterocycles. The zero-order valence-electron chi connectivity index (χ0n) is 18.4. The van der Waals surface area contributed by atoms with E-state index in [1.807, 2.05) is 24.3 Å². The molecular formula is C24H30N6OS. The van der Waals surface area contributed by atoms with Gasteiger partial charge in [0.2, 0.25) is 5.95 Å². The molecule has 0 amide bonds. The summed E-state index contributed by atoms with van der Waals surface area (Å²) in [4.78, 5) is 9.71. The van der Waals surface area contributed by atoms with E-state index in [0.717, 1.165) is 22.9 Å². The van der Waals surface area contributed by atoms with E-state index in [-0.39, 0.29) is 5.41 Å². The van der Waals surface area contributed by atoms with E-state index in [9.17, 15) is 9.47 Å². The molecule has 4 saturated carbocycles. The zero-order chi connectivity index (χ0) is 22.3. The maximum atomic E-state index is 12.0. The minimum absolute atomic E-state index is 0.266. The van der Waals surface area contributed by atoms with Gasteiger partial charge in [-0.25, -0.2) is 4.98 Å². The summed E-state index contributed by atoms with van der Waals surface area (Å²) in [5.74, 6) is 3.13. The number of nitriles is 1. The van der Waals surface area contributed by atoms with Gasteiger partial charge in [0.1, 0.15) is 17.5 Å². The number of benzene rings is 1. The summed E-state index contributed by atoms with van der Waals surface area (Å²) in [5, 5.41) is 16.3. The van der Waals surface area contributed by atoms with Gasteiger partial charge in [-0.2, -0.15) is 10.2 Å². The van der Waals surface area contributed by atoms with Gasteiger partial charge < -0.3 is 16.4 Å². The fourth-order valence-electron chi connectivity index (χ4n) is 6.51. The van der Waals surface area contributed by atoms with Crippen molar-refractivity contribution >= 4 is 22.6 Å². The molecule has 4 fully saturated rings. The Bertz CT molecular complexity index is 1070. The lowest BCUT2D eigenvalue weighted by Gasteiger charge is -2.59. The highest BCUT2D eigenvalue weighted by atomic mass is 32.2. The second-order valence-electron chi connectivity index (χ2n) is 9.88. The van der Waals surface area contributed by atoms with Crippen molar-refractivity contribution in [3.8, 4) is 6.07 Å². The van der Waals surface area contributed by atoms with Crippen molar-refractivity contribution in [2.45, 2.75) is 49.6 Å². The van der Waals surface area contributed by atoms with Gasteiger partial charge in [0.25, 0.3) is 0 Å². The molecule has 32 heavy (non-hydrogen) atoms. The van der Waals surface area contributed by atoms with E-state index >= 15 is 0 Å². The molecule has 8 heteroatoms. The van der Waals surface area contributed by atoms with Crippen LogP contribution in [0.15, 0.2) is 35.4 Å². The van der Waals surface area contributed by atoms with Crippen molar-refractivity contribution in [3.63, 3.8) is 0 Å². The number of nitrogens with one attached hydrogen (secondary N) is 2. The number of aromatic nitrogens is 2. The predicted molar refractivity (Wildman–Crippen MR) is 125 cm³/mol. The fourth-order valence-corrected chi connectivity index (χ4v) is 7.29. The molecule has 0 radical (unpaired) electrons. The molecule has 1 heterocycles. The number of nitrogens with two attached hydrogens (primary N) is 1. The third-order valence-corrected chi connectivity index (χ3v) is 8.75. The van der Waals surface area contributed by atoms with Crippen LogP contribution >= 0.6 is 0 Å². The average molecular weight is 451 g/mol. The van der Waals surface area contributed by atoms with Gasteiger partial charge in [-0.3, -0.25) is 4.21 Å². The first-order chi connectivity index (χ1) is 15.5.